The Morgan fingerprint density at radius 2 is 2.21 bits per heavy atom. The van der Waals surface area contributed by atoms with E-state index in [2.05, 4.69) is 13.5 Å². The van der Waals surface area contributed by atoms with Crippen molar-refractivity contribution in [2.75, 3.05) is 25.4 Å². The number of hydrogen-bond acceptors (Lipinski definition) is 6. The number of aliphatic hydroxyl groups is 1. The van der Waals surface area contributed by atoms with Gasteiger partial charge in [-0.1, -0.05) is 37.5 Å². The topological polar surface area (TPSA) is 75.8 Å². The zero-order valence-electron chi connectivity index (χ0n) is 13.6. The van der Waals surface area contributed by atoms with Crippen LogP contribution in [0.5, 0.6) is 0 Å². The molecule has 1 aromatic rings. The van der Waals surface area contributed by atoms with Crippen molar-refractivity contribution >= 4 is 34.0 Å². The number of nitrogens with zero attached hydrogens (tertiary/aromatic N) is 2. The zero-order chi connectivity index (χ0) is 17.9. The molecule has 0 aliphatic rings. The van der Waals surface area contributed by atoms with Gasteiger partial charge in [0.25, 0.3) is 5.69 Å². The number of nitro benzene ring substituents is 1. The van der Waals surface area contributed by atoms with Crippen LogP contribution < -0.4 is 0 Å². The van der Waals surface area contributed by atoms with Crippen LogP contribution in [0.4, 0.5) is 5.69 Å². The quantitative estimate of drug-likeness (QED) is 0.222. The predicted octanol–water partition coefficient (Wildman–Crippen LogP) is 3.52. The van der Waals surface area contributed by atoms with Gasteiger partial charge in [0.1, 0.15) is 10.9 Å². The molecule has 1 atom stereocenters. The van der Waals surface area contributed by atoms with E-state index in [0.717, 1.165) is 12.2 Å². The van der Waals surface area contributed by atoms with E-state index in [1.165, 1.54) is 18.4 Å². The zero-order valence-corrected chi connectivity index (χ0v) is 15.2. The molecule has 0 saturated heterocycles. The molecular weight excluding hydrogens is 348 g/mol. The molecule has 24 heavy (non-hydrogen) atoms. The van der Waals surface area contributed by atoms with E-state index in [1.54, 1.807) is 23.9 Å². The number of non-ortho nitro benzene ring substituents is 1. The summed E-state index contributed by atoms with van der Waals surface area (Å²) in [7, 11) is 0. The Labute approximate surface area is 151 Å². The Kier molecular flexibility index (Phi) is 9.36. The van der Waals surface area contributed by atoms with Crippen molar-refractivity contribution in [3.8, 4) is 0 Å². The summed E-state index contributed by atoms with van der Waals surface area (Å²) in [5, 5.41) is 21.1. The van der Waals surface area contributed by atoms with Crippen LogP contribution in [0.3, 0.4) is 0 Å². The Bertz CT molecular complexity index is 552. The summed E-state index contributed by atoms with van der Waals surface area (Å²) in [5.74, 6) is 0.908. The summed E-state index contributed by atoms with van der Waals surface area (Å²) >= 11 is 6.98. The van der Waals surface area contributed by atoms with Crippen molar-refractivity contribution in [1.82, 2.24) is 4.90 Å². The standard InChI is InChI=1S/C16H22N2O4S2/c1-3-11-24-16(23)17(9-10-22-4-2)12-15(19)13-5-7-14(8-6-13)18(20)21/h4-8,15,19H,2-3,9-12H2,1H3. The first-order valence-corrected chi connectivity index (χ1v) is 8.95. The molecular formula is C16H22N2O4S2. The molecule has 1 unspecified atom stereocenters. The summed E-state index contributed by atoms with van der Waals surface area (Å²) in [5.41, 5.74) is 0.606. The molecule has 0 aromatic heterocycles. The van der Waals surface area contributed by atoms with Gasteiger partial charge in [-0.15, -0.1) is 0 Å². The van der Waals surface area contributed by atoms with E-state index in [4.69, 9.17) is 17.0 Å². The van der Waals surface area contributed by atoms with Crippen LogP contribution in [0.15, 0.2) is 37.1 Å². The summed E-state index contributed by atoms with van der Waals surface area (Å²) in [6.45, 7) is 6.83. The SMILES string of the molecule is C=COCCN(CC(O)c1ccc([N+](=O)[O-])cc1)C(=S)SCCC. The van der Waals surface area contributed by atoms with Crippen LogP contribution in [0.2, 0.25) is 0 Å². The molecule has 6 nitrogen and oxygen atoms in total. The first-order valence-electron chi connectivity index (χ1n) is 7.56. The lowest BCUT2D eigenvalue weighted by Gasteiger charge is -2.27. The van der Waals surface area contributed by atoms with E-state index in [0.29, 0.717) is 29.6 Å². The number of benzene rings is 1. The predicted molar refractivity (Wildman–Crippen MR) is 101 cm³/mol. The highest BCUT2D eigenvalue weighted by Crippen LogP contribution is 2.20. The first kappa shape index (κ1) is 20.4. The number of hydrogen-bond donors (Lipinski definition) is 1. The van der Waals surface area contributed by atoms with Gasteiger partial charge in [-0.25, -0.2) is 0 Å². The first-order chi connectivity index (χ1) is 11.5. The summed E-state index contributed by atoms with van der Waals surface area (Å²) in [6.07, 6.45) is 1.58. The molecule has 8 heteroatoms. The Hall–Kier alpha value is -1.64. The van der Waals surface area contributed by atoms with Crippen molar-refractivity contribution in [2.45, 2.75) is 19.4 Å². The molecule has 0 fully saturated rings. The number of aliphatic hydroxyl groups excluding tert-OH is 1. The van der Waals surface area contributed by atoms with Crippen LogP contribution in [0, 0.1) is 10.1 Å². The number of nitro groups is 1. The van der Waals surface area contributed by atoms with Crippen LogP contribution in [-0.4, -0.2) is 44.7 Å². The van der Waals surface area contributed by atoms with E-state index in [-0.39, 0.29) is 5.69 Å². The maximum Gasteiger partial charge on any atom is 0.269 e. The van der Waals surface area contributed by atoms with Gasteiger partial charge in [-0.3, -0.25) is 10.1 Å². The lowest BCUT2D eigenvalue weighted by molar-refractivity contribution is -0.384. The fraction of sp³-hybridized carbons (Fsp3) is 0.438. The third kappa shape index (κ3) is 6.86. The van der Waals surface area contributed by atoms with Gasteiger partial charge in [0.05, 0.1) is 23.8 Å². The van der Waals surface area contributed by atoms with Crippen LogP contribution in [0.25, 0.3) is 0 Å². The molecule has 1 rings (SSSR count). The number of thioether (sulfide) groups is 1. The molecule has 0 radical (unpaired) electrons. The minimum atomic E-state index is -0.797. The molecule has 0 amide bonds. The third-order valence-corrected chi connectivity index (χ3v) is 4.90. The molecule has 0 aliphatic carbocycles. The maximum atomic E-state index is 10.7. The normalized spacial score (nSPS) is 11.6. The van der Waals surface area contributed by atoms with Crippen molar-refractivity contribution < 1.29 is 14.8 Å². The van der Waals surface area contributed by atoms with Crippen LogP contribution in [0.1, 0.15) is 25.0 Å². The lowest BCUT2D eigenvalue weighted by Crippen LogP contribution is -2.34. The summed E-state index contributed by atoms with van der Waals surface area (Å²) in [4.78, 5) is 12.1. The second kappa shape index (κ2) is 11.0. The fourth-order valence-corrected chi connectivity index (χ4v) is 3.06. The smallest absolute Gasteiger partial charge is 0.269 e. The van der Waals surface area contributed by atoms with Gasteiger partial charge in [-0.05, 0) is 29.9 Å². The highest BCUT2D eigenvalue weighted by Gasteiger charge is 2.17. The minimum absolute atomic E-state index is 0.00351. The van der Waals surface area contributed by atoms with Crippen molar-refractivity contribution in [2.24, 2.45) is 0 Å². The largest absolute Gasteiger partial charge is 0.500 e. The lowest BCUT2D eigenvalue weighted by atomic mass is 10.1. The fourth-order valence-electron chi connectivity index (χ4n) is 1.92. The van der Waals surface area contributed by atoms with E-state index in [1.807, 2.05) is 4.90 Å². The van der Waals surface area contributed by atoms with Crippen molar-refractivity contribution in [1.29, 1.82) is 0 Å². The van der Waals surface area contributed by atoms with Gasteiger partial charge in [-0.2, -0.15) is 0 Å². The highest BCUT2D eigenvalue weighted by molar-refractivity contribution is 8.22. The average molecular weight is 370 g/mol. The Balaban J connectivity index is 2.73. The minimum Gasteiger partial charge on any atom is -0.500 e. The van der Waals surface area contributed by atoms with Crippen LogP contribution in [-0.2, 0) is 4.74 Å². The third-order valence-electron chi connectivity index (χ3n) is 3.17. The molecule has 0 spiro atoms. The van der Waals surface area contributed by atoms with E-state index >= 15 is 0 Å². The van der Waals surface area contributed by atoms with E-state index < -0.39 is 11.0 Å². The number of thiocarbonyl (C=S) groups is 1. The van der Waals surface area contributed by atoms with Crippen molar-refractivity contribution in [3.05, 3.63) is 52.8 Å². The molecule has 0 heterocycles. The maximum absolute atomic E-state index is 10.7. The average Bonchev–Trinajstić information content (AvgIpc) is 2.58. The van der Waals surface area contributed by atoms with Crippen molar-refractivity contribution in [3.63, 3.8) is 0 Å². The molecule has 0 aliphatic heterocycles. The molecule has 0 bridgehead atoms. The van der Waals surface area contributed by atoms with E-state index in [9.17, 15) is 15.2 Å². The summed E-state index contributed by atoms with van der Waals surface area (Å²) in [6, 6.07) is 5.88. The number of rotatable bonds is 10. The second-order valence-electron chi connectivity index (χ2n) is 4.96. The van der Waals surface area contributed by atoms with Gasteiger partial charge in [0.15, 0.2) is 0 Å². The molecule has 0 saturated carbocycles. The Morgan fingerprint density at radius 1 is 1.54 bits per heavy atom. The van der Waals surface area contributed by atoms with Crippen LogP contribution >= 0.6 is 24.0 Å². The van der Waals surface area contributed by atoms with Gasteiger partial charge in [0.2, 0.25) is 0 Å². The monoisotopic (exact) mass is 370 g/mol. The molecule has 1 N–H and O–H groups in total. The number of ether oxygens (including phenoxy) is 1. The summed E-state index contributed by atoms with van der Waals surface area (Å²) < 4.78 is 5.84. The molecule has 132 valence electrons. The van der Waals surface area contributed by atoms with Gasteiger partial charge >= 0.3 is 0 Å². The van der Waals surface area contributed by atoms with Gasteiger partial charge in [0, 0.05) is 18.7 Å². The molecule has 1 aromatic carbocycles. The Morgan fingerprint density at radius 3 is 2.75 bits per heavy atom. The highest BCUT2D eigenvalue weighted by atomic mass is 32.2. The second-order valence-corrected chi connectivity index (χ2v) is 6.69. The van der Waals surface area contributed by atoms with Gasteiger partial charge < -0.3 is 14.7 Å².